The number of rotatable bonds is 6. The maximum Gasteiger partial charge on any atom is 0.277 e. The van der Waals surface area contributed by atoms with Crippen LogP contribution < -0.4 is 0 Å². The molecular formula is C10H8N2O6. The lowest BCUT2D eigenvalue weighted by Crippen LogP contribution is -2.02. The molecule has 0 aliphatic carbocycles. The van der Waals surface area contributed by atoms with E-state index in [9.17, 15) is 29.8 Å². The molecule has 0 bridgehead atoms. The zero-order valence-corrected chi connectivity index (χ0v) is 9.07. The molecule has 0 aliphatic rings. The second-order valence-corrected chi connectivity index (χ2v) is 3.38. The normalized spacial score (nSPS) is 9.78. The van der Waals surface area contributed by atoms with Gasteiger partial charge in [-0.25, -0.2) is 0 Å². The van der Waals surface area contributed by atoms with Crippen LogP contribution in [0.1, 0.15) is 23.2 Å². The summed E-state index contributed by atoms with van der Waals surface area (Å²) >= 11 is 0. The van der Waals surface area contributed by atoms with Gasteiger partial charge in [0.05, 0.1) is 15.9 Å². The topological polar surface area (TPSA) is 120 Å². The summed E-state index contributed by atoms with van der Waals surface area (Å²) in [4.78, 5) is 41.2. The molecule has 0 saturated heterocycles. The van der Waals surface area contributed by atoms with Crippen molar-refractivity contribution in [2.75, 3.05) is 0 Å². The van der Waals surface area contributed by atoms with Crippen molar-refractivity contribution < 1.29 is 19.4 Å². The van der Waals surface area contributed by atoms with Crippen molar-refractivity contribution in [3.63, 3.8) is 0 Å². The molecule has 0 unspecified atom stereocenters. The molecule has 94 valence electrons. The van der Waals surface area contributed by atoms with E-state index in [0.29, 0.717) is 6.29 Å². The first kappa shape index (κ1) is 13.4. The van der Waals surface area contributed by atoms with Gasteiger partial charge in [-0.05, 0) is 0 Å². The average molecular weight is 252 g/mol. The number of nitro groups is 2. The smallest absolute Gasteiger partial charge is 0.277 e. The molecule has 0 aromatic heterocycles. The SMILES string of the molecule is O=CCCC(=O)c1cc([N+](=O)[O-])cc([N+](=O)[O-])c1. The number of hydrogen-bond acceptors (Lipinski definition) is 6. The van der Waals surface area contributed by atoms with E-state index < -0.39 is 27.0 Å². The first-order valence-electron chi connectivity index (χ1n) is 4.86. The van der Waals surface area contributed by atoms with E-state index in [4.69, 9.17) is 0 Å². The van der Waals surface area contributed by atoms with Crippen molar-refractivity contribution >= 4 is 23.4 Å². The standard InChI is InChI=1S/C10H8N2O6/c13-3-1-2-10(14)7-4-8(11(15)16)6-9(5-7)12(17)18/h3-6H,1-2H2. The van der Waals surface area contributed by atoms with Gasteiger partial charge < -0.3 is 4.79 Å². The molecule has 0 saturated carbocycles. The Morgan fingerprint density at radius 3 is 2.00 bits per heavy atom. The van der Waals surface area contributed by atoms with Crippen molar-refractivity contribution in [3.8, 4) is 0 Å². The molecular weight excluding hydrogens is 244 g/mol. The number of Topliss-reactive ketones (excluding diaryl/α,β-unsaturated/α-hetero) is 1. The van der Waals surface area contributed by atoms with Gasteiger partial charge in [0.1, 0.15) is 6.29 Å². The number of nitro benzene ring substituents is 2. The lowest BCUT2D eigenvalue weighted by molar-refractivity contribution is -0.394. The number of benzene rings is 1. The fourth-order valence-electron chi connectivity index (χ4n) is 1.30. The van der Waals surface area contributed by atoms with E-state index >= 15 is 0 Å². The highest BCUT2D eigenvalue weighted by atomic mass is 16.6. The van der Waals surface area contributed by atoms with E-state index in [2.05, 4.69) is 0 Å². The molecule has 0 spiro atoms. The van der Waals surface area contributed by atoms with Crippen molar-refractivity contribution in [1.29, 1.82) is 0 Å². The van der Waals surface area contributed by atoms with Crippen LogP contribution in [-0.4, -0.2) is 21.9 Å². The monoisotopic (exact) mass is 252 g/mol. The summed E-state index contributed by atoms with van der Waals surface area (Å²) in [5, 5.41) is 21.2. The molecule has 0 amide bonds. The Bertz CT molecular complexity index is 493. The highest BCUT2D eigenvalue weighted by molar-refractivity contribution is 5.98. The molecule has 1 aromatic rings. The van der Waals surface area contributed by atoms with Gasteiger partial charge in [-0.1, -0.05) is 0 Å². The Kier molecular flexibility index (Phi) is 4.19. The molecule has 0 fully saturated rings. The third kappa shape index (κ3) is 3.17. The number of hydrogen-bond donors (Lipinski definition) is 0. The first-order valence-corrected chi connectivity index (χ1v) is 4.86. The second kappa shape index (κ2) is 5.62. The molecule has 1 rings (SSSR count). The van der Waals surface area contributed by atoms with Crippen LogP contribution >= 0.6 is 0 Å². The molecule has 0 N–H and O–H groups in total. The third-order valence-electron chi connectivity index (χ3n) is 2.14. The Labute approximate surface area is 101 Å². The van der Waals surface area contributed by atoms with Crippen molar-refractivity contribution in [2.24, 2.45) is 0 Å². The van der Waals surface area contributed by atoms with Crippen LogP contribution in [0.5, 0.6) is 0 Å². The number of ketones is 1. The fourth-order valence-corrected chi connectivity index (χ4v) is 1.30. The highest BCUT2D eigenvalue weighted by Gasteiger charge is 2.19. The Morgan fingerprint density at radius 2 is 1.61 bits per heavy atom. The summed E-state index contributed by atoms with van der Waals surface area (Å²) < 4.78 is 0. The van der Waals surface area contributed by atoms with Crippen LogP contribution in [-0.2, 0) is 4.79 Å². The fraction of sp³-hybridized carbons (Fsp3) is 0.200. The zero-order chi connectivity index (χ0) is 13.7. The van der Waals surface area contributed by atoms with Gasteiger partial charge in [0, 0.05) is 30.5 Å². The summed E-state index contributed by atoms with van der Waals surface area (Å²) in [5.41, 5.74) is -1.20. The molecule has 8 nitrogen and oxygen atoms in total. The summed E-state index contributed by atoms with van der Waals surface area (Å²) in [6.45, 7) is 0. The van der Waals surface area contributed by atoms with Gasteiger partial charge in [0.2, 0.25) is 0 Å². The second-order valence-electron chi connectivity index (χ2n) is 3.38. The summed E-state index contributed by atoms with van der Waals surface area (Å²) in [6.07, 6.45) is 0.362. The predicted octanol–water partition coefficient (Wildman–Crippen LogP) is 1.66. The maximum atomic E-state index is 11.5. The predicted molar refractivity (Wildman–Crippen MR) is 59.4 cm³/mol. The van der Waals surface area contributed by atoms with Gasteiger partial charge >= 0.3 is 0 Å². The van der Waals surface area contributed by atoms with Gasteiger partial charge in [0.25, 0.3) is 11.4 Å². The lowest BCUT2D eigenvalue weighted by Gasteiger charge is -1.99. The van der Waals surface area contributed by atoms with Crippen LogP contribution in [0.2, 0.25) is 0 Å². The van der Waals surface area contributed by atoms with Crippen LogP contribution in [0, 0.1) is 20.2 Å². The minimum Gasteiger partial charge on any atom is -0.303 e. The summed E-state index contributed by atoms with van der Waals surface area (Å²) in [7, 11) is 0. The molecule has 0 aliphatic heterocycles. The number of nitrogens with zero attached hydrogens (tertiary/aromatic N) is 2. The van der Waals surface area contributed by atoms with Crippen LogP contribution in [0.3, 0.4) is 0 Å². The number of carbonyl (C=O) groups is 2. The lowest BCUT2D eigenvalue weighted by atomic mass is 10.1. The molecule has 0 atom stereocenters. The van der Waals surface area contributed by atoms with Crippen molar-refractivity contribution in [1.82, 2.24) is 0 Å². The first-order chi connectivity index (χ1) is 8.45. The zero-order valence-electron chi connectivity index (χ0n) is 9.07. The summed E-state index contributed by atoms with van der Waals surface area (Å²) in [6, 6.07) is 2.69. The van der Waals surface area contributed by atoms with E-state index in [-0.39, 0.29) is 18.4 Å². The molecule has 0 heterocycles. The Morgan fingerprint density at radius 1 is 1.11 bits per heavy atom. The molecule has 1 aromatic carbocycles. The van der Waals surface area contributed by atoms with E-state index in [1.807, 2.05) is 0 Å². The maximum absolute atomic E-state index is 11.5. The van der Waals surface area contributed by atoms with Crippen LogP contribution in [0.4, 0.5) is 11.4 Å². The van der Waals surface area contributed by atoms with Gasteiger partial charge in [-0.15, -0.1) is 0 Å². The molecule has 18 heavy (non-hydrogen) atoms. The van der Waals surface area contributed by atoms with E-state index in [1.165, 1.54) is 0 Å². The largest absolute Gasteiger partial charge is 0.303 e. The molecule has 0 radical (unpaired) electrons. The van der Waals surface area contributed by atoms with E-state index in [1.54, 1.807) is 0 Å². The Balaban J connectivity index is 3.18. The Hall–Kier alpha value is -2.64. The van der Waals surface area contributed by atoms with Gasteiger partial charge in [-0.2, -0.15) is 0 Å². The highest BCUT2D eigenvalue weighted by Crippen LogP contribution is 2.23. The van der Waals surface area contributed by atoms with Crippen LogP contribution in [0.15, 0.2) is 18.2 Å². The van der Waals surface area contributed by atoms with Crippen molar-refractivity contribution in [2.45, 2.75) is 12.8 Å². The minimum atomic E-state index is -0.816. The quantitative estimate of drug-likeness (QED) is 0.328. The summed E-state index contributed by atoms with van der Waals surface area (Å²) in [5.74, 6) is -0.547. The van der Waals surface area contributed by atoms with Gasteiger partial charge in [0.15, 0.2) is 5.78 Å². The average Bonchev–Trinajstić information content (AvgIpc) is 2.35. The molecule has 8 heteroatoms. The number of aldehydes is 1. The van der Waals surface area contributed by atoms with E-state index in [0.717, 1.165) is 18.2 Å². The number of carbonyl (C=O) groups excluding carboxylic acids is 2. The van der Waals surface area contributed by atoms with Crippen LogP contribution in [0.25, 0.3) is 0 Å². The third-order valence-corrected chi connectivity index (χ3v) is 2.14. The number of non-ortho nitro benzene ring substituents is 2. The minimum absolute atomic E-state index is 0.0324. The van der Waals surface area contributed by atoms with Crippen molar-refractivity contribution in [3.05, 3.63) is 44.0 Å². The van der Waals surface area contributed by atoms with Gasteiger partial charge in [-0.3, -0.25) is 25.0 Å².